The van der Waals surface area contributed by atoms with Crippen molar-refractivity contribution in [3.63, 3.8) is 0 Å². The summed E-state index contributed by atoms with van der Waals surface area (Å²) in [6.45, 7) is 3.32. The molecular formula is C13H12F6O2. The topological polar surface area (TPSA) is 26.3 Å². The summed E-state index contributed by atoms with van der Waals surface area (Å²) in [7, 11) is 0. The van der Waals surface area contributed by atoms with E-state index in [1.165, 1.54) is 0 Å². The minimum atomic E-state index is -4.97. The molecule has 0 spiro atoms. The van der Waals surface area contributed by atoms with E-state index < -0.39 is 35.2 Å². The maximum atomic E-state index is 12.6. The van der Waals surface area contributed by atoms with Crippen LogP contribution in [0.3, 0.4) is 0 Å². The van der Waals surface area contributed by atoms with Crippen molar-refractivity contribution in [2.45, 2.75) is 32.6 Å². The fraction of sp³-hybridized carbons (Fsp3) is 0.462. The van der Waals surface area contributed by atoms with E-state index in [0.717, 1.165) is 0 Å². The third kappa shape index (κ3) is 5.28. The zero-order valence-corrected chi connectivity index (χ0v) is 11.1. The van der Waals surface area contributed by atoms with E-state index >= 15 is 0 Å². The minimum absolute atomic E-state index is 0.0280. The maximum absolute atomic E-state index is 12.6. The summed E-state index contributed by atoms with van der Waals surface area (Å²) in [6, 6.07) is 0.709. The average Bonchev–Trinajstić information content (AvgIpc) is 2.24. The Kier molecular flexibility index (Phi) is 4.91. The Labute approximate surface area is 116 Å². The molecule has 1 aromatic rings. The highest BCUT2D eigenvalue weighted by Crippen LogP contribution is 2.38. The van der Waals surface area contributed by atoms with Gasteiger partial charge in [0.2, 0.25) is 0 Å². The quantitative estimate of drug-likeness (QED) is 0.460. The summed E-state index contributed by atoms with van der Waals surface area (Å²) < 4.78 is 80.0. The lowest BCUT2D eigenvalue weighted by Crippen LogP contribution is -2.14. The van der Waals surface area contributed by atoms with Crippen molar-refractivity contribution in [1.29, 1.82) is 0 Å². The van der Waals surface area contributed by atoms with Crippen LogP contribution in [0.2, 0.25) is 0 Å². The molecule has 0 heterocycles. The molecule has 0 fully saturated rings. The molecule has 2 nitrogen and oxygen atoms in total. The molecule has 0 unspecified atom stereocenters. The number of hydrogen-bond acceptors (Lipinski definition) is 2. The molecule has 8 heteroatoms. The third-order valence-electron chi connectivity index (χ3n) is 2.37. The van der Waals surface area contributed by atoms with Crippen LogP contribution in [0, 0.1) is 5.92 Å². The molecular weight excluding hydrogens is 302 g/mol. The monoisotopic (exact) mass is 314 g/mol. The summed E-state index contributed by atoms with van der Waals surface area (Å²) in [5.41, 5.74) is -3.05. The van der Waals surface area contributed by atoms with E-state index in [1.54, 1.807) is 13.8 Å². The van der Waals surface area contributed by atoms with Crippen LogP contribution in [0.5, 0.6) is 5.75 Å². The molecule has 0 bridgehead atoms. The molecule has 0 atom stereocenters. The van der Waals surface area contributed by atoms with Gasteiger partial charge in [-0.15, -0.1) is 0 Å². The van der Waals surface area contributed by atoms with Crippen molar-refractivity contribution >= 4 is 5.97 Å². The zero-order valence-electron chi connectivity index (χ0n) is 11.1. The molecule has 0 aromatic heterocycles. The molecule has 0 radical (unpaired) electrons. The van der Waals surface area contributed by atoms with Crippen molar-refractivity contribution < 1.29 is 35.9 Å². The van der Waals surface area contributed by atoms with Crippen LogP contribution in [-0.4, -0.2) is 5.97 Å². The van der Waals surface area contributed by atoms with Gasteiger partial charge >= 0.3 is 18.3 Å². The third-order valence-corrected chi connectivity index (χ3v) is 2.37. The smallest absolute Gasteiger partial charge is 0.416 e. The molecule has 118 valence electrons. The fourth-order valence-corrected chi connectivity index (χ4v) is 1.49. The van der Waals surface area contributed by atoms with E-state index in [2.05, 4.69) is 4.74 Å². The highest BCUT2D eigenvalue weighted by atomic mass is 19.4. The first-order chi connectivity index (χ1) is 9.39. The van der Waals surface area contributed by atoms with E-state index in [-0.39, 0.29) is 18.4 Å². The molecule has 0 N–H and O–H groups in total. The Morgan fingerprint density at radius 2 is 1.43 bits per heavy atom. The summed E-state index contributed by atoms with van der Waals surface area (Å²) >= 11 is 0. The van der Waals surface area contributed by atoms with Crippen molar-refractivity contribution in [3.8, 4) is 5.75 Å². The molecule has 0 aliphatic carbocycles. The summed E-state index contributed by atoms with van der Waals surface area (Å²) in [6.07, 6.45) is -10.1. The average molecular weight is 314 g/mol. The van der Waals surface area contributed by atoms with Crippen LogP contribution in [0.4, 0.5) is 26.3 Å². The molecule has 1 rings (SSSR count). The zero-order chi connectivity index (χ0) is 16.4. The van der Waals surface area contributed by atoms with Gasteiger partial charge in [0.05, 0.1) is 11.1 Å². The lowest BCUT2D eigenvalue weighted by molar-refractivity contribution is -0.144. The normalized spacial score (nSPS) is 12.6. The van der Waals surface area contributed by atoms with Crippen molar-refractivity contribution in [2.24, 2.45) is 5.92 Å². The Hall–Kier alpha value is -1.73. The van der Waals surface area contributed by atoms with Crippen LogP contribution in [0.1, 0.15) is 31.4 Å². The highest BCUT2D eigenvalue weighted by Gasteiger charge is 2.37. The summed E-state index contributed by atoms with van der Waals surface area (Å²) in [4.78, 5) is 11.4. The van der Waals surface area contributed by atoms with Gasteiger partial charge in [-0.1, -0.05) is 13.8 Å². The van der Waals surface area contributed by atoms with E-state index in [9.17, 15) is 31.1 Å². The van der Waals surface area contributed by atoms with Gasteiger partial charge in [0.15, 0.2) is 0 Å². The first kappa shape index (κ1) is 17.3. The van der Waals surface area contributed by atoms with E-state index in [0.29, 0.717) is 12.1 Å². The first-order valence-corrected chi connectivity index (χ1v) is 5.89. The number of esters is 1. The standard InChI is InChI=1S/C13H12F6O2/c1-7(2)3-11(20)21-10-5-8(12(14,15)16)4-9(6-10)13(17,18)19/h4-7H,3H2,1-2H3. The van der Waals surface area contributed by atoms with Crippen LogP contribution < -0.4 is 4.74 Å². The maximum Gasteiger partial charge on any atom is 0.416 e. The first-order valence-electron chi connectivity index (χ1n) is 5.89. The fourth-order valence-electron chi connectivity index (χ4n) is 1.49. The Morgan fingerprint density at radius 1 is 1.00 bits per heavy atom. The number of rotatable bonds is 3. The Morgan fingerprint density at radius 3 is 1.76 bits per heavy atom. The molecule has 0 saturated carbocycles. The Bertz CT molecular complexity index is 484. The largest absolute Gasteiger partial charge is 0.426 e. The van der Waals surface area contributed by atoms with Crippen LogP contribution >= 0.6 is 0 Å². The van der Waals surface area contributed by atoms with Gasteiger partial charge in [-0.3, -0.25) is 4.79 Å². The second kappa shape index (κ2) is 5.95. The van der Waals surface area contributed by atoms with Crippen molar-refractivity contribution in [1.82, 2.24) is 0 Å². The van der Waals surface area contributed by atoms with Crippen molar-refractivity contribution in [3.05, 3.63) is 29.3 Å². The Balaban J connectivity index is 3.17. The van der Waals surface area contributed by atoms with Gasteiger partial charge in [-0.25, -0.2) is 0 Å². The molecule has 0 saturated heterocycles. The SMILES string of the molecule is CC(C)CC(=O)Oc1cc(C(F)(F)F)cc(C(F)(F)F)c1. The number of carbonyl (C=O) groups excluding carboxylic acids is 1. The molecule has 1 aromatic carbocycles. The van der Waals surface area contributed by atoms with Crippen LogP contribution in [0.25, 0.3) is 0 Å². The van der Waals surface area contributed by atoms with Gasteiger partial charge in [-0.2, -0.15) is 26.3 Å². The summed E-state index contributed by atoms with van der Waals surface area (Å²) in [5, 5.41) is 0. The van der Waals surface area contributed by atoms with Crippen LogP contribution in [0.15, 0.2) is 18.2 Å². The van der Waals surface area contributed by atoms with Gasteiger partial charge in [0, 0.05) is 6.42 Å². The summed E-state index contributed by atoms with van der Waals surface area (Å²) in [5.74, 6) is -1.80. The highest BCUT2D eigenvalue weighted by molar-refractivity contribution is 5.72. The molecule has 0 aliphatic heterocycles. The van der Waals surface area contributed by atoms with Gasteiger partial charge in [0.1, 0.15) is 5.75 Å². The van der Waals surface area contributed by atoms with E-state index in [1.807, 2.05) is 0 Å². The molecule has 21 heavy (non-hydrogen) atoms. The number of halogens is 6. The predicted molar refractivity (Wildman–Crippen MR) is 61.5 cm³/mol. The number of benzene rings is 1. The molecule has 0 amide bonds. The molecule has 0 aliphatic rings. The number of carbonyl (C=O) groups is 1. The minimum Gasteiger partial charge on any atom is -0.426 e. The second-order valence-electron chi connectivity index (χ2n) is 4.81. The van der Waals surface area contributed by atoms with Gasteiger partial charge < -0.3 is 4.74 Å². The lowest BCUT2D eigenvalue weighted by Gasteiger charge is -2.14. The number of hydrogen-bond donors (Lipinski definition) is 0. The van der Waals surface area contributed by atoms with E-state index in [4.69, 9.17) is 0 Å². The predicted octanol–water partition coefficient (Wildman–Crippen LogP) is 4.68. The lowest BCUT2D eigenvalue weighted by atomic mass is 10.1. The number of alkyl halides is 6. The van der Waals surface area contributed by atoms with Gasteiger partial charge in [-0.05, 0) is 24.1 Å². The van der Waals surface area contributed by atoms with Gasteiger partial charge in [0.25, 0.3) is 0 Å². The second-order valence-corrected chi connectivity index (χ2v) is 4.81. The number of ether oxygens (including phenoxy) is 1. The van der Waals surface area contributed by atoms with Crippen LogP contribution in [-0.2, 0) is 17.1 Å². The van der Waals surface area contributed by atoms with Crippen molar-refractivity contribution in [2.75, 3.05) is 0 Å².